The van der Waals surface area contributed by atoms with E-state index in [4.69, 9.17) is 0 Å². The highest BCUT2D eigenvalue weighted by Gasteiger charge is 2.13. The molecule has 8 heteroatoms. The Morgan fingerprint density at radius 2 is 1.65 bits per heavy atom. The number of hydrogen-bond acceptors (Lipinski definition) is 5. The van der Waals surface area contributed by atoms with E-state index in [1.165, 1.54) is 36.4 Å². The molecule has 0 aromatic heterocycles. The largest absolute Gasteiger partial charge is 0.276 e. The molecule has 1 N–H and O–H groups in total. The maximum Gasteiger partial charge on any atom is 0.276 e. The van der Waals surface area contributed by atoms with Crippen LogP contribution in [0.4, 0.5) is 5.69 Å². The van der Waals surface area contributed by atoms with E-state index in [0.29, 0.717) is 11.3 Å². The normalized spacial score (nSPS) is 12.0. The van der Waals surface area contributed by atoms with Gasteiger partial charge in [0.25, 0.3) is 15.7 Å². The summed E-state index contributed by atoms with van der Waals surface area (Å²) in [5.41, 5.74) is 1.90. The zero-order valence-electron chi connectivity index (χ0n) is 12.6. The Hall–Kier alpha value is -2.74. The molecule has 0 saturated heterocycles. The van der Waals surface area contributed by atoms with Crippen molar-refractivity contribution < 1.29 is 13.3 Å². The van der Waals surface area contributed by atoms with Gasteiger partial charge in [0.15, 0.2) is 0 Å². The van der Waals surface area contributed by atoms with Crippen LogP contribution in [-0.4, -0.2) is 19.1 Å². The lowest BCUT2D eigenvalue weighted by Gasteiger charge is -2.05. The second-order valence-electron chi connectivity index (χ2n) is 4.91. The lowest BCUT2D eigenvalue weighted by Crippen LogP contribution is -2.19. The number of hydrazone groups is 1. The summed E-state index contributed by atoms with van der Waals surface area (Å²) in [6.45, 7) is 3.47. The lowest BCUT2D eigenvalue weighted by atomic mass is 10.1. The van der Waals surface area contributed by atoms with Gasteiger partial charge in [0, 0.05) is 12.1 Å². The van der Waals surface area contributed by atoms with Gasteiger partial charge >= 0.3 is 0 Å². The molecule has 0 aliphatic rings. The van der Waals surface area contributed by atoms with Crippen LogP contribution in [0.1, 0.15) is 18.1 Å². The van der Waals surface area contributed by atoms with Gasteiger partial charge in [0.1, 0.15) is 0 Å². The fraction of sp³-hybridized carbons (Fsp3) is 0.133. The molecule has 0 aliphatic heterocycles. The van der Waals surface area contributed by atoms with Crippen molar-refractivity contribution in [2.75, 3.05) is 0 Å². The van der Waals surface area contributed by atoms with Gasteiger partial charge in [-0.3, -0.25) is 10.1 Å². The Morgan fingerprint density at radius 3 is 2.17 bits per heavy atom. The fourth-order valence-corrected chi connectivity index (χ4v) is 2.64. The molecule has 120 valence electrons. The fourth-order valence-electron chi connectivity index (χ4n) is 1.79. The van der Waals surface area contributed by atoms with Crippen LogP contribution in [0.25, 0.3) is 0 Å². The Balaban J connectivity index is 2.18. The number of rotatable bonds is 5. The van der Waals surface area contributed by atoms with E-state index >= 15 is 0 Å². The van der Waals surface area contributed by atoms with E-state index in [0.717, 1.165) is 5.56 Å². The minimum absolute atomic E-state index is 0.0400. The highest BCUT2D eigenvalue weighted by atomic mass is 32.2. The second-order valence-corrected chi connectivity index (χ2v) is 6.57. The van der Waals surface area contributed by atoms with Crippen molar-refractivity contribution in [2.45, 2.75) is 18.7 Å². The number of nitro benzene ring substituents is 1. The molecule has 2 aromatic rings. The monoisotopic (exact) mass is 333 g/mol. The third-order valence-electron chi connectivity index (χ3n) is 3.16. The minimum atomic E-state index is -3.75. The quantitative estimate of drug-likeness (QED) is 0.516. The molecule has 2 aromatic carbocycles. The zero-order chi connectivity index (χ0) is 17.0. The maximum absolute atomic E-state index is 12.1. The molecular formula is C15H15N3O4S. The van der Waals surface area contributed by atoms with E-state index in [-0.39, 0.29) is 10.6 Å². The number of benzene rings is 2. The van der Waals surface area contributed by atoms with Crippen molar-refractivity contribution in [3.05, 3.63) is 69.8 Å². The van der Waals surface area contributed by atoms with Crippen LogP contribution in [0.3, 0.4) is 0 Å². The van der Waals surface area contributed by atoms with Crippen molar-refractivity contribution in [1.29, 1.82) is 0 Å². The molecule has 0 spiro atoms. The van der Waals surface area contributed by atoms with Crippen molar-refractivity contribution in [3.63, 3.8) is 0 Å². The predicted octanol–water partition coefficient (Wildman–Crippen LogP) is 2.61. The molecular weight excluding hydrogens is 318 g/mol. The molecule has 23 heavy (non-hydrogen) atoms. The lowest BCUT2D eigenvalue weighted by molar-refractivity contribution is -0.384. The van der Waals surface area contributed by atoms with Crippen LogP contribution in [0, 0.1) is 17.0 Å². The molecule has 0 amide bonds. The highest BCUT2D eigenvalue weighted by Crippen LogP contribution is 2.13. The summed E-state index contributed by atoms with van der Waals surface area (Å²) in [6, 6.07) is 12.1. The molecule has 7 nitrogen and oxygen atoms in total. The Kier molecular flexibility index (Phi) is 4.75. The maximum atomic E-state index is 12.1. The summed E-state index contributed by atoms with van der Waals surface area (Å²) in [6.07, 6.45) is 0. The number of nitro groups is 1. The van der Waals surface area contributed by atoms with Gasteiger partial charge in [-0.1, -0.05) is 17.7 Å². The van der Waals surface area contributed by atoms with Crippen molar-refractivity contribution in [2.24, 2.45) is 5.10 Å². The third-order valence-corrected chi connectivity index (χ3v) is 4.39. The Morgan fingerprint density at radius 1 is 1.09 bits per heavy atom. The van der Waals surface area contributed by atoms with Crippen LogP contribution in [0.15, 0.2) is 58.5 Å². The summed E-state index contributed by atoms with van der Waals surface area (Å²) < 4.78 is 24.2. The van der Waals surface area contributed by atoms with Crippen molar-refractivity contribution in [1.82, 2.24) is 4.83 Å². The number of nitrogens with one attached hydrogen (secondary N) is 1. The number of non-ortho nitro benzene ring substituents is 1. The predicted molar refractivity (Wildman–Crippen MR) is 86.8 cm³/mol. The van der Waals surface area contributed by atoms with Gasteiger partial charge in [0.05, 0.1) is 15.5 Å². The Bertz CT molecular complexity index is 841. The van der Waals surface area contributed by atoms with Crippen molar-refractivity contribution in [3.8, 4) is 0 Å². The molecule has 0 unspecified atom stereocenters. The summed E-state index contributed by atoms with van der Waals surface area (Å²) >= 11 is 0. The average Bonchev–Trinajstić information content (AvgIpc) is 2.53. The van der Waals surface area contributed by atoms with Crippen LogP contribution >= 0.6 is 0 Å². The number of nitrogens with zero attached hydrogens (tertiary/aromatic N) is 2. The standard InChI is InChI=1S/C15H15N3O4S/c1-11-3-9-15(10-4-11)23(21,22)17-16-12(2)13-5-7-14(8-6-13)18(19)20/h3-10,17H,1-2H3/b16-12-. The van der Waals surface area contributed by atoms with Crippen molar-refractivity contribution >= 4 is 21.4 Å². The smallest absolute Gasteiger partial charge is 0.258 e. The van der Waals surface area contributed by atoms with Crippen LogP contribution < -0.4 is 4.83 Å². The van der Waals surface area contributed by atoms with E-state index in [2.05, 4.69) is 9.93 Å². The molecule has 0 bridgehead atoms. The first-order valence-corrected chi connectivity index (χ1v) is 8.15. The van der Waals surface area contributed by atoms with Crippen LogP contribution in [-0.2, 0) is 10.0 Å². The topological polar surface area (TPSA) is 102 Å². The zero-order valence-corrected chi connectivity index (χ0v) is 13.4. The third kappa shape index (κ3) is 4.13. The first-order chi connectivity index (χ1) is 10.8. The first-order valence-electron chi connectivity index (χ1n) is 6.67. The molecule has 0 saturated carbocycles. The van der Waals surface area contributed by atoms with Gasteiger partial charge in [0.2, 0.25) is 0 Å². The van der Waals surface area contributed by atoms with E-state index in [1.54, 1.807) is 19.1 Å². The molecule has 0 atom stereocenters. The average molecular weight is 333 g/mol. The van der Waals surface area contributed by atoms with Gasteiger partial charge in [-0.15, -0.1) is 0 Å². The second kappa shape index (κ2) is 6.57. The van der Waals surface area contributed by atoms with Gasteiger partial charge < -0.3 is 0 Å². The molecule has 0 radical (unpaired) electrons. The number of sulfonamides is 1. The molecule has 0 heterocycles. The molecule has 2 rings (SSSR count). The van der Waals surface area contributed by atoms with Crippen LogP contribution in [0.2, 0.25) is 0 Å². The van der Waals surface area contributed by atoms with Gasteiger partial charge in [-0.05, 0) is 43.7 Å². The van der Waals surface area contributed by atoms with Gasteiger partial charge in [-0.2, -0.15) is 18.4 Å². The SMILES string of the molecule is C/C(=N/NS(=O)(=O)c1ccc(C)cc1)c1ccc([N+](=O)[O-])cc1. The summed E-state index contributed by atoms with van der Waals surface area (Å²) in [7, 11) is -3.75. The number of hydrogen-bond donors (Lipinski definition) is 1. The van der Waals surface area contributed by atoms with E-state index in [1.807, 2.05) is 6.92 Å². The molecule has 0 fully saturated rings. The number of aryl methyl sites for hydroxylation is 1. The first kappa shape index (κ1) is 16.6. The summed E-state index contributed by atoms with van der Waals surface area (Å²) in [4.78, 5) is 12.4. The van der Waals surface area contributed by atoms with E-state index in [9.17, 15) is 18.5 Å². The summed E-state index contributed by atoms with van der Waals surface area (Å²) in [5.74, 6) is 0. The summed E-state index contributed by atoms with van der Waals surface area (Å²) in [5, 5.41) is 14.5. The molecule has 0 aliphatic carbocycles. The van der Waals surface area contributed by atoms with E-state index < -0.39 is 14.9 Å². The van der Waals surface area contributed by atoms with Gasteiger partial charge in [-0.25, -0.2) is 0 Å². The van der Waals surface area contributed by atoms with Crippen LogP contribution in [0.5, 0.6) is 0 Å². The minimum Gasteiger partial charge on any atom is -0.258 e. The highest BCUT2D eigenvalue weighted by molar-refractivity contribution is 7.89. The Labute approximate surface area is 133 Å².